The van der Waals surface area contributed by atoms with Crippen LogP contribution in [0.5, 0.6) is 0 Å². The number of thioether (sulfide) groups is 1. The summed E-state index contributed by atoms with van der Waals surface area (Å²) in [5.74, 6) is 0. The van der Waals surface area contributed by atoms with Gasteiger partial charge in [0.25, 0.3) is 0 Å². The minimum atomic E-state index is -0.202. The topological polar surface area (TPSA) is 40.5 Å². The molecule has 0 radical (unpaired) electrons. The molecule has 1 heterocycles. The molecular weight excluding hydrogens is 136 g/mol. The van der Waals surface area contributed by atoms with Gasteiger partial charge in [0.15, 0.2) is 0 Å². The molecule has 2 nitrogen and oxygen atoms in total. The quantitative estimate of drug-likeness (QED) is 0.559. The largest absolute Gasteiger partial charge is 0.395 e. The molecule has 0 spiro atoms. The van der Waals surface area contributed by atoms with Crippen LogP contribution < -0.4 is 0 Å². The van der Waals surface area contributed by atoms with E-state index in [2.05, 4.69) is 0 Å². The molecule has 2 N–H and O–H groups in total. The molecule has 9 heavy (non-hydrogen) atoms. The Balaban J connectivity index is 2.35. The highest BCUT2D eigenvalue weighted by Crippen LogP contribution is 2.32. The van der Waals surface area contributed by atoms with E-state index in [0.29, 0.717) is 5.25 Å². The Bertz CT molecular complexity index is 87.1. The molecular formula is C6H12O2S. The second-order valence-electron chi connectivity index (χ2n) is 2.45. The summed E-state index contributed by atoms with van der Waals surface area (Å²) in [4.78, 5) is 0. The van der Waals surface area contributed by atoms with Gasteiger partial charge in [-0.25, -0.2) is 0 Å². The fourth-order valence-electron chi connectivity index (χ4n) is 1.03. The van der Waals surface area contributed by atoms with Crippen LogP contribution in [0.2, 0.25) is 0 Å². The van der Waals surface area contributed by atoms with Crippen molar-refractivity contribution in [1.82, 2.24) is 0 Å². The van der Waals surface area contributed by atoms with Gasteiger partial charge < -0.3 is 10.2 Å². The van der Waals surface area contributed by atoms with Crippen LogP contribution in [0.3, 0.4) is 0 Å². The van der Waals surface area contributed by atoms with Gasteiger partial charge in [-0.1, -0.05) is 6.92 Å². The van der Waals surface area contributed by atoms with Crippen molar-refractivity contribution < 1.29 is 10.2 Å². The first-order chi connectivity index (χ1) is 4.24. The van der Waals surface area contributed by atoms with Crippen molar-refractivity contribution in [2.75, 3.05) is 6.61 Å². The SMILES string of the molecule is C[C@@H]1S[C@H](CO)C[C@@H]1O. The monoisotopic (exact) mass is 148 g/mol. The average molecular weight is 148 g/mol. The summed E-state index contributed by atoms with van der Waals surface area (Å²) in [6.45, 7) is 2.19. The second kappa shape index (κ2) is 2.90. The molecule has 3 atom stereocenters. The van der Waals surface area contributed by atoms with E-state index in [1.165, 1.54) is 0 Å². The highest BCUT2D eigenvalue weighted by Gasteiger charge is 2.29. The third-order valence-corrected chi connectivity index (χ3v) is 3.13. The zero-order valence-corrected chi connectivity index (χ0v) is 6.27. The molecule has 1 saturated heterocycles. The Labute approximate surface area is 59.3 Å². The van der Waals surface area contributed by atoms with Gasteiger partial charge in [0, 0.05) is 10.5 Å². The maximum absolute atomic E-state index is 9.17. The first kappa shape index (κ1) is 7.38. The molecule has 1 rings (SSSR count). The standard InChI is InChI=1S/C6H12O2S/c1-4-6(8)2-5(3-7)9-4/h4-8H,2-3H2,1H3/t4-,5-,6-/m0/s1. The lowest BCUT2D eigenvalue weighted by atomic mass is 10.2. The normalized spacial score (nSPS) is 43.7. The van der Waals surface area contributed by atoms with Crippen LogP contribution in [-0.2, 0) is 0 Å². The van der Waals surface area contributed by atoms with Crippen LogP contribution in [-0.4, -0.2) is 33.4 Å². The molecule has 0 aromatic carbocycles. The molecule has 0 unspecified atom stereocenters. The fraction of sp³-hybridized carbons (Fsp3) is 1.00. The lowest BCUT2D eigenvalue weighted by Crippen LogP contribution is -2.13. The zero-order chi connectivity index (χ0) is 6.85. The number of rotatable bonds is 1. The molecule has 0 bridgehead atoms. The molecule has 0 aromatic rings. The van der Waals surface area contributed by atoms with Crippen LogP contribution in [0.1, 0.15) is 13.3 Å². The number of aliphatic hydroxyl groups excluding tert-OH is 2. The first-order valence-electron chi connectivity index (χ1n) is 3.18. The van der Waals surface area contributed by atoms with Crippen molar-refractivity contribution in [3.05, 3.63) is 0 Å². The summed E-state index contributed by atoms with van der Waals surface area (Å²) < 4.78 is 0. The van der Waals surface area contributed by atoms with E-state index in [0.717, 1.165) is 6.42 Å². The summed E-state index contributed by atoms with van der Waals surface area (Å²) in [6.07, 6.45) is 0.551. The van der Waals surface area contributed by atoms with Crippen molar-refractivity contribution in [2.45, 2.75) is 29.9 Å². The van der Waals surface area contributed by atoms with Crippen molar-refractivity contribution in [2.24, 2.45) is 0 Å². The minimum absolute atomic E-state index is 0.200. The van der Waals surface area contributed by atoms with Crippen LogP contribution in [0.25, 0.3) is 0 Å². The molecule has 3 heteroatoms. The smallest absolute Gasteiger partial charge is 0.0667 e. The lowest BCUT2D eigenvalue weighted by molar-refractivity contribution is 0.165. The van der Waals surface area contributed by atoms with E-state index in [1.807, 2.05) is 6.92 Å². The van der Waals surface area contributed by atoms with E-state index in [4.69, 9.17) is 10.2 Å². The number of hydrogen-bond acceptors (Lipinski definition) is 3. The highest BCUT2D eigenvalue weighted by molar-refractivity contribution is 8.00. The van der Waals surface area contributed by atoms with Crippen LogP contribution in [0, 0.1) is 0 Å². The molecule has 54 valence electrons. The number of hydrogen-bond donors (Lipinski definition) is 2. The summed E-state index contributed by atoms with van der Waals surface area (Å²) in [6, 6.07) is 0. The van der Waals surface area contributed by atoms with E-state index in [-0.39, 0.29) is 18.0 Å². The molecule has 0 saturated carbocycles. The van der Waals surface area contributed by atoms with Crippen LogP contribution >= 0.6 is 11.8 Å². The predicted octanol–water partition coefficient (Wildman–Crippen LogP) is 0.234. The Hall–Kier alpha value is 0.270. The second-order valence-corrected chi connectivity index (χ2v) is 4.13. The number of aliphatic hydroxyl groups is 2. The summed E-state index contributed by atoms with van der Waals surface area (Å²) in [5, 5.41) is 18.4. The van der Waals surface area contributed by atoms with Gasteiger partial charge in [-0.2, -0.15) is 11.8 Å². The first-order valence-corrected chi connectivity index (χ1v) is 4.12. The van der Waals surface area contributed by atoms with Gasteiger partial charge in [-0.15, -0.1) is 0 Å². The van der Waals surface area contributed by atoms with E-state index in [9.17, 15) is 0 Å². The minimum Gasteiger partial charge on any atom is -0.395 e. The average Bonchev–Trinajstić information content (AvgIpc) is 2.13. The van der Waals surface area contributed by atoms with E-state index in [1.54, 1.807) is 11.8 Å². The Morgan fingerprint density at radius 1 is 1.67 bits per heavy atom. The van der Waals surface area contributed by atoms with Crippen molar-refractivity contribution >= 4 is 11.8 Å². The van der Waals surface area contributed by atoms with Crippen molar-refractivity contribution in [3.63, 3.8) is 0 Å². The van der Waals surface area contributed by atoms with Gasteiger partial charge in [0.2, 0.25) is 0 Å². The van der Waals surface area contributed by atoms with E-state index >= 15 is 0 Å². The van der Waals surface area contributed by atoms with Crippen LogP contribution in [0.15, 0.2) is 0 Å². The fourth-order valence-corrected chi connectivity index (χ4v) is 2.32. The summed E-state index contributed by atoms with van der Waals surface area (Å²) >= 11 is 1.67. The maximum atomic E-state index is 9.17. The van der Waals surface area contributed by atoms with Crippen molar-refractivity contribution in [3.8, 4) is 0 Å². The summed E-state index contributed by atoms with van der Waals surface area (Å²) in [5.41, 5.74) is 0. The van der Waals surface area contributed by atoms with Gasteiger partial charge in [0.1, 0.15) is 0 Å². The van der Waals surface area contributed by atoms with Crippen molar-refractivity contribution in [1.29, 1.82) is 0 Å². The van der Waals surface area contributed by atoms with Gasteiger partial charge in [-0.3, -0.25) is 0 Å². The molecule has 0 aromatic heterocycles. The third kappa shape index (κ3) is 1.60. The van der Waals surface area contributed by atoms with Gasteiger partial charge >= 0.3 is 0 Å². The third-order valence-electron chi connectivity index (χ3n) is 1.66. The molecule has 0 aliphatic carbocycles. The molecule has 1 aliphatic heterocycles. The molecule has 1 fully saturated rings. The van der Waals surface area contributed by atoms with E-state index < -0.39 is 0 Å². The van der Waals surface area contributed by atoms with Gasteiger partial charge in [-0.05, 0) is 6.42 Å². The Morgan fingerprint density at radius 2 is 2.33 bits per heavy atom. The highest BCUT2D eigenvalue weighted by atomic mass is 32.2. The van der Waals surface area contributed by atoms with Gasteiger partial charge in [0.05, 0.1) is 12.7 Å². The lowest BCUT2D eigenvalue weighted by Gasteiger charge is -2.03. The maximum Gasteiger partial charge on any atom is 0.0667 e. The molecule has 0 amide bonds. The van der Waals surface area contributed by atoms with Crippen LogP contribution in [0.4, 0.5) is 0 Å². The summed E-state index contributed by atoms with van der Waals surface area (Å²) in [7, 11) is 0. The zero-order valence-electron chi connectivity index (χ0n) is 5.45. The Kier molecular flexibility index (Phi) is 2.38. The predicted molar refractivity (Wildman–Crippen MR) is 38.6 cm³/mol. The molecule has 1 aliphatic rings. The Morgan fingerprint density at radius 3 is 2.56 bits per heavy atom.